The summed E-state index contributed by atoms with van der Waals surface area (Å²) in [5.41, 5.74) is 5.78. The highest BCUT2D eigenvalue weighted by molar-refractivity contribution is 5.48. The molecule has 0 saturated heterocycles. The van der Waals surface area contributed by atoms with E-state index in [1.54, 1.807) is 5.57 Å². The lowest BCUT2D eigenvalue weighted by atomic mass is 9.86. The van der Waals surface area contributed by atoms with Gasteiger partial charge in [0.2, 0.25) is 0 Å². The maximum atomic E-state index is 3.95. The van der Waals surface area contributed by atoms with E-state index < -0.39 is 0 Å². The van der Waals surface area contributed by atoms with Crippen molar-refractivity contribution in [3.63, 3.8) is 0 Å². The van der Waals surface area contributed by atoms with Crippen LogP contribution in [0.2, 0.25) is 0 Å². The zero-order valence-corrected chi connectivity index (χ0v) is 12.3. The first-order valence-corrected chi connectivity index (χ1v) is 6.85. The molecule has 0 bridgehead atoms. The van der Waals surface area contributed by atoms with Gasteiger partial charge in [-0.2, -0.15) is 0 Å². The second-order valence-electron chi connectivity index (χ2n) is 4.27. The highest BCUT2D eigenvalue weighted by atomic mass is 14.2. The number of allylic oxidation sites excluding steroid dienone is 7. The first kappa shape index (κ1) is 16.0. The fourth-order valence-corrected chi connectivity index (χ4v) is 2.28. The lowest BCUT2D eigenvalue weighted by molar-refractivity contribution is 0.678. The Hall–Kier alpha value is -1.04. The minimum absolute atomic E-state index is 1.22. The SMILES string of the molecule is C=C/C(C1=C(C)CCCC1)=C(C)\C=C/C.CC. The molecule has 17 heavy (non-hydrogen) atoms. The van der Waals surface area contributed by atoms with Gasteiger partial charge in [0.05, 0.1) is 0 Å². The molecule has 1 aliphatic carbocycles. The zero-order valence-electron chi connectivity index (χ0n) is 12.3. The molecule has 1 rings (SSSR count). The molecule has 0 fully saturated rings. The molecule has 0 aromatic carbocycles. The van der Waals surface area contributed by atoms with Gasteiger partial charge in [-0.3, -0.25) is 0 Å². The molecule has 0 heterocycles. The molecule has 0 saturated carbocycles. The largest absolute Gasteiger partial charge is 0.0985 e. The van der Waals surface area contributed by atoms with E-state index in [-0.39, 0.29) is 0 Å². The molecule has 0 aliphatic heterocycles. The van der Waals surface area contributed by atoms with Gasteiger partial charge >= 0.3 is 0 Å². The van der Waals surface area contributed by atoms with Crippen molar-refractivity contribution in [2.75, 3.05) is 0 Å². The average molecular weight is 232 g/mol. The quantitative estimate of drug-likeness (QED) is 0.525. The Balaban J connectivity index is 0.00000121. The Labute approximate surface area is 108 Å². The molecule has 1 aliphatic rings. The minimum atomic E-state index is 1.22. The molecular weight excluding hydrogens is 204 g/mol. The van der Waals surface area contributed by atoms with E-state index in [9.17, 15) is 0 Å². The topological polar surface area (TPSA) is 0 Å². The highest BCUT2D eigenvalue weighted by Gasteiger charge is 2.12. The maximum Gasteiger partial charge on any atom is -0.0202 e. The van der Waals surface area contributed by atoms with Gasteiger partial charge in [0, 0.05) is 0 Å². The Bertz CT molecular complexity index is 324. The van der Waals surface area contributed by atoms with Crippen LogP contribution in [0.4, 0.5) is 0 Å². The van der Waals surface area contributed by atoms with Gasteiger partial charge in [-0.1, -0.05) is 44.2 Å². The number of hydrogen-bond donors (Lipinski definition) is 0. The number of rotatable bonds is 3. The van der Waals surface area contributed by atoms with Gasteiger partial charge in [-0.25, -0.2) is 0 Å². The molecule has 0 atom stereocenters. The summed E-state index contributed by atoms with van der Waals surface area (Å²) >= 11 is 0. The summed E-state index contributed by atoms with van der Waals surface area (Å²) in [7, 11) is 0. The van der Waals surface area contributed by atoms with Crippen molar-refractivity contribution in [3.8, 4) is 0 Å². The molecule has 0 N–H and O–H groups in total. The molecular formula is C17H28. The Kier molecular flexibility index (Phi) is 8.49. The van der Waals surface area contributed by atoms with Crippen LogP contribution >= 0.6 is 0 Å². The number of hydrogen-bond acceptors (Lipinski definition) is 0. The lowest BCUT2D eigenvalue weighted by Crippen LogP contribution is -2.00. The van der Waals surface area contributed by atoms with E-state index in [2.05, 4.69) is 39.5 Å². The van der Waals surface area contributed by atoms with Gasteiger partial charge in [0.25, 0.3) is 0 Å². The standard InChI is InChI=1S/C15H22.C2H6/c1-5-9-12(3)14(6-2)15-11-8-7-10-13(15)4;1-2/h5-6,9H,2,7-8,10-11H2,1,3-4H3;1-2H3/b9-5-,14-12+;. The van der Waals surface area contributed by atoms with E-state index in [0.717, 1.165) is 0 Å². The normalized spacial score (nSPS) is 17.5. The third-order valence-electron chi connectivity index (χ3n) is 3.11. The summed E-state index contributed by atoms with van der Waals surface area (Å²) in [5, 5.41) is 0. The van der Waals surface area contributed by atoms with Gasteiger partial charge in [-0.05, 0) is 63.2 Å². The van der Waals surface area contributed by atoms with Crippen LogP contribution in [0.3, 0.4) is 0 Å². The predicted molar refractivity (Wildman–Crippen MR) is 80.2 cm³/mol. The highest BCUT2D eigenvalue weighted by Crippen LogP contribution is 2.31. The minimum Gasteiger partial charge on any atom is -0.0985 e. The van der Waals surface area contributed by atoms with Crippen LogP contribution in [0, 0.1) is 0 Å². The fraction of sp³-hybridized carbons (Fsp3) is 0.529. The maximum absolute atomic E-state index is 3.95. The third-order valence-corrected chi connectivity index (χ3v) is 3.11. The smallest absolute Gasteiger partial charge is 0.0202 e. The molecule has 0 heteroatoms. The van der Waals surface area contributed by atoms with E-state index >= 15 is 0 Å². The molecule has 0 aromatic rings. The molecule has 0 radical (unpaired) electrons. The second kappa shape index (κ2) is 9.04. The predicted octanol–water partition coefficient (Wildman–Crippen LogP) is 5.98. The zero-order chi connectivity index (χ0) is 13.3. The molecule has 96 valence electrons. The molecule has 0 unspecified atom stereocenters. The van der Waals surface area contributed by atoms with Crippen LogP contribution in [-0.2, 0) is 0 Å². The summed E-state index contributed by atoms with van der Waals surface area (Å²) in [4.78, 5) is 0. The van der Waals surface area contributed by atoms with E-state index in [1.807, 2.05) is 19.9 Å². The van der Waals surface area contributed by atoms with Crippen molar-refractivity contribution < 1.29 is 0 Å². The lowest BCUT2D eigenvalue weighted by Gasteiger charge is -2.20. The van der Waals surface area contributed by atoms with Gasteiger partial charge in [0.1, 0.15) is 0 Å². The van der Waals surface area contributed by atoms with E-state index in [4.69, 9.17) is 0 Å². The van der Waals surface area contributed by atoms with Crippen molar-refractivity contribution in [3.05, 3.63) is 47.1 Å². The van der Waals surface area contributed by atoms with Crippen LogP contribution in [0.25, 0.3) is 0 Å². The van der Waals surface area contributed by atoms with Crippen LogP contribution in [-0.4, -0.2) is 0 Å². The van der Waals surface area contributed by atoms with Crippen LogP contribution in [0.5, 0.6) is 0 Å². The van der Waals surface area contributed by atoms with E-state index in [0.29, 0.717) is 0 Å². The summed E-state index contributed by atoms with van der Waals surface area (Å²) in [6, 6.07) is 0. The fourth-order valence-electron chi connectivity index (χ4n) is 2.28. The van der Waals surface area contributed by atoms with Crippen molar-refractivity contribution in [1.29, 1.82) is 0 Å². The summed E-state index contributed by atoms with van der Waals surface area (Å²) in [6.07, 6.45) is 11.4. The van der Waals surface area contributed by atoms with Gasteiger partial charge < -0.3 is 0 Å². The summed E-state index contributed by atoms with van der Waals surface area (Å²) in [5.74, 6) is 0. The van der Waals surface area contributed by atoms with Gasteiger partial charge in [0.15, 0.2) is 0 Å². The van der Waals surface area contributed by atoms with Crippen molar-refractivity contribution in [2.45, 2.75) is 60.3 Å². The Morgan fingerprint density at radius 1 is 1.18 bits per heavy atom. The van der Waals surface area contributed by atoms with E-state index in [1.165, 1.54) is 42.4 Å². The first-order valence-electron chi connectivity index (χ1n) is 6.85. The third kappa shape index (κ3) is 4.77. The summed E-state index contributed by atoms with van der Waals surface area (Å²) < 4.78 is 0. The molecule has 0 aromatic heterocycles. The van der Waals surface area contributed by atoms with Crippen molar-refractivity contribution >= 4 is 0 Å². The van der Waals surface area contributed by atoms with Crippen LogP contribution < -0.4 is 0 Å². The van der Waals surface area contributed by atoms with Crippen LogP contribution in [0.1, 0.15) is 60.3 Å². The second-order valence-corrected chi connectivity index (χ2v) is 4.27. The first-order chi connectivity index (χ1) is 8.20. The van der Waals surface area contributed by atoms with Crippen molar-refractivity contribution in [2.24, 2.45) is 0 Å². The summed E-state index contributed by atoms with van der Waals surface area (Å²) in [6.45, 7) is 14.4. The molecule has 0 nitrogen and oxygen atoms in total. The average Bonchev–Trinajstić information content (AvgIpc) is 2.35. The Morgan fingerprint density at radius 3 is 2.24 bits per heavy atom. The molecule has 0 amide bonds. The molecule has 0 spiro atoms. The monoisotopic (exact) mass is 232 g/mol. The van der Waals surface area contributed by atoms with Crippen LogP contribution in [0.15, 0.2) is 47.1 Å². The van der Waals surface area contributed by atoms with Crippen molar-refractivity contribution in [1.82, 2.24) is 0 Å². The van der Waals surface area contributed by atoms with Gasteiger partial charge in [-0.15, -0.1) is 0 Å². The Morgan fingerprint density at radius 2 is 1.76 bits per heavy atom.